The van der Waals surface area contributed by atoms with E-state index in [-0.39, 0.29) is 18.0 Å². The second-order valence-corrected chi connectivity index (χ2v) is 7.95. The van der Waals surface area contributed by atoms with Crippen molar-refractivity contribution < 1.29 is 13.2 Å². The second-order valence-electron chi connectivity index (χ2n) is 5.03. The van der Waals surface area contributed by atoms with Crippen molar-refractivity contribution in [2.75, 3.05) is 29.1 Å². The van der Waals surface area contributed by atoms with Crippen LogP contribution in [-0.2, 0) is 14.6 Å². The number of nitrogens with zero attached hydrogens (tertiary/aromatic N) is 1. The Balaban J connectivity index is 2.17. The largest absolute Gasteiger partial charge is 0.371 e. The molecule has 1 fully saturated rings. The van der Waals surface area contributed by atoms with Gasteiger partial charge in [-0.25, -0.2) is 8.42 Å². The number of rotatable bonds is 4. The third-order valence-corrected chi connectivity index (χ3v) is 5.91. The fraction of sp³-hybridized carbons (Fsp3) is 0.571. The molecule has 1 aliphatic heterocycles. The number of anilines is 1. The van der Waals surface area contributed by atoms with E-state index in [1.165, 1.54) is 0 Å². The Morgan fingerprint density at radius 2 is 1.95 bits per heavy atom. The lowest BCUT2D eigenvalue weighted by Gasteiger charge is -2.37. The molecule has 0 amide bonds. The molecule has 0 spiro atoms. The number of ether oxygens (including phenoxy) is 1. The monoisotopic (exact) mass is 361 g/mol. The van der Waals surface area contributed by atoms with Crippen LogP contribution >= 0.6 is 15.9 Å². The van der Waals surface area contributed by atoms with Gasteiger partial charge in [-0.3, -0.25) is 0 Å². The zero-order valence-corrected chi connectivity index (χ0v) is 14.2. The third-order valence-electron chi connectivity index (χ3n) is 3.44. The van der Waals surface area contributed by atoms with Crippen molar-refractivity contribution in [1.29, 1.82) is 0 Å². The van der Waals surface area contributed by atoms with Gasteiger partial charge in [0.15, 0.2) is 9.84 Å². The minimum atomic E-state index is -3.12. The van der Waals surface area contributed by atoms with Gasteiger partial charge in [-0.15, -0.1) is 0 Å². The smallest absolute Gasteiger partial charge is 0.178 e. The van der Waals surface area contributed by atoms with Crippen LogP contribution in [0.1, 0.15) is 13.8 Å². The minimum absolute atomic E-state index is 0.132. The van der Waals surface area contributed by atoms with Gasteiger partial charge in [0.25, 0.3) is 0 Å². The van der Waals surface area contributed by atoms with Crippen molar-refractivity contribution in [3.63, 3.8) is 0 Å². The highest BCUT2D eigenvalue weighted by atomic mass is 79.9. The molecule has 0 bridgehead atoms. The van der Waals surface area contributed by atoms with Gasteiger partial charge in [0.2, 0.25) is 0 Å². The Hall–Kier alpha value is -0.590. The van der Waals surface area contributed by atoms with Gasteiger partial charge in [-0.2, -0.15) is 0 Å². The summed E-state index contributed by atoms with van der Waals surface area (Å²) >= 11 is 3.45. The van der Waals surface area contributed by atoms with E-state index in [9.17, 15) is 8.42 Å². The van der Waals surface area contributed by atoms with Gasteiger partial charge in [-0.05, 0) is 31.2 Å². The summed E-state index contributed by atoms with van der Waals surface area (Å²) in [6.07, 6.45) is 0.336. The van der Waals surface area contributed by atoms with E-state index < -0.39 is 9.84 Å². The van der Waals surface area contributed by atoms with E-state index in [2.05, 4.69) is 27.8 Å². The third kappa shape index (κ3) is 3.54. The van der Waals surface area contributed by atoms with Crippen molar-refractivity contribution in [1.82, 2.24) is 0 Å². The highest BCUT2D eigenvalue weighted by Gasteiger charge is 2.24. The van der Waals surface area contributed by atoms with E-state index in [0.29, 0.717) is 4.90 Å². The van der Waals surface area contributed by atoms with Crippen LogP contribution in [0.5, 0.6) is 0 Å². The molecule has 1 heterocycles. The van der Waals surface area contributed by atoms with Gasteiger partial charge in [0.1, 0.15) is 0 Å². The molecule has 2 unspecified atom stereocenters. The normalized spacial score (nSPS) is 23.9. The zero-order valence-electron chi connectivity index (χ0n) is 11.8. The SMILES string of the molecule is CCS(=O)(=O)c1ccc(N2CC(C)OC(CBr)C2)cc1. The van der Waals surface area contributed by atoms with E-state index in [1.54, 1.807) is 19.1 Å². The number of sulfone groups is 1. The molecular formula is C14H20BrNO3S. The Kier molecular flexibility index (Phi) is 5.09. The Morgan fingerprint density at radius 1 is 1.30 bits per heavy atom. The molecule has 0 N–H and O–H groups in total. The van der Waals surface area contributed by atoms with Crippen LogP contribution in [0.2, 0.25) is 0 Å². The molecule has 2 atom stereocenters. The molecular weight excluding hydrogens is 342 g/mol. The molecule has 20 heavy (non-hydrogen) atoms. The average molecular weight is 362 g/mol. The molecule has 0 aromatic heterocycles. The van der Waals surface area contributed by atoms with Crippen molar-refractivity contribution >= 4 is 31.5 Å². The molecule has 112 valence electrons. The molecule has 0 aliphatic carbocycles. The first kappa shape index (κ1) is 15.8. The van der Waals surface area contributed by atoms with Gasteiger partial charge in [0, 0.05) is 24.1 Å². The average Bonchev–Trinajstić information content (AvgIpc) is 2.46. The lowest BCUT2D eigenvalue weighted by atomic mass is 10.2. The molecule has 1 saturated heterocycles. The fourth-order valence-electron chi connectivity index (χ4n) is 2.37. The van der Waals surface area contributed by atoms with Gasteiger partial charge in [-0.1, -0.05) is 22.9 Å². The minimum Gasteiger partial charge on any atom is -0.371 e. The van der Waals surface area contributed by atoms with Gasteiger partial charge >= 0.3 is 0 Å². The maximum Gasteiger partial charge on any atom is 0.178 e. The summed E-state index contributed by atoms with van der Waals surface area (Å²) in [7, 11) is -3.12. The van der Waals surface area contributed by atoms with Crippen LogP contribution in [0, 0.1) is 0 Å². The standard InChI is InChI=1S/C14H20BrNO3S/c1-3-20(17,18)14-6-4-12(5-7-14)16-9-11(2)19-13(8-15)10-16/h4-7,11,13H,3,8-10H2,1-2H3. The van der Waals surface area contributed by atoms with Crippen LogP contribution in [0.3, 0.4) is 0 Å². The number of hydrogen-bond acceptors (Lipinski definition) is 4. The fourth-order valence-corrected chi connectivity index (χ4v) is 3.61. The maximum atomic E-state index is 11.8. The van der Waals surface area contributed by atoms with Crippen molar-refractivity contribution in [2.24, 2.45) is 0 Å². The number of benzene rings is 1. The molecule has 0 saturated carbocycles. The van der Waals surface area contributed by atoms with E-state index >= 15 is 0 Å². The van der Waals surface area contributed by atoms with E-state index in [0.717, 1.165) is 24.1 Å². The summed E-state index contributed by atoms with van der Waals surface area (Å²) in [4.78, 5) is 2.63. The molecule has 0 radical (unpaired) electrons. The summed E-state index contributed by atoms with van der Waals surface area (Å²) in [6, 6.07) is 7.15. The first-order chi connectivity index (χ1) is 9.46. The van der Waals surface area contributed by atoms with Crippen molar-refractivity contribution in [3.8, 4) is 0 Å². The molecule has 1 aromatic rings. The molecule has 6 heteroatoms. The van der Waals surface area contributed by atoms with Crippen molar-refractivity contribution in [3.05, 3.63) is 24.3 Å². The zero-order chi connectivity index (χ0) is 14.8. The quantitative estimate of drug-likeness (QED) is 0.772. The van der Waals surface area contributed by atoms with Crippen LogP contribution < -0.4 is 4.90 Å². The Morgan fingerprint density at radius 3 is 2.50 bits per heavy atom. The summed E-state index contributed by atoms with van der Waals surface area (Å²) in [5.41, 5.74) is 1.04. The summed E-state index contributed by atoms with van der Waals surface area (Å²) < 4.78 is 29.4. The topological polar surface area (TPSA) is 46.6 Å². The maximum absolute atomic E-state index is 11.8. The number of alkyl halides is 1. The van der Waals surface area contributed by atoms with Crippen LogP contribution in [0.25, 0.3) is 0 Å². The summed E-state index contributed by atoms with van der Waals surface area (Å²) in [6.45, 7) is 5.35. The van der Waals surface area contributed by atoms with E-state index in [1.807, 2.05) is 12.1 Å². The highest BCUT2D eigenvalue weighted by Crippen LogP contribution is 2.23. The molecule has 2 rings (SSSR count). The highest BCUT2D eigenvalue weighted by molar-refractivity contribution is 9.09. The molecule has 1 aliphatic rings. The van der Waals surface area contributed by atoms with Crippen LogP contribution in [0.4, 0.5) is 5.69 Å². The predicted octanol–water partition coefficient (Wildman–Crippen LogP) is 2.47. The number of halogens is 1. The first-order valence-electron chi connectivity index (χ1n) is 6.75. The predicted molar refractivity (Wildman–Crippen MR) is 84.5 cm³/mol. The lowest BCUT2D eigenvalue weighted by Crippen LogP contribution is -2.47. The number of morpholine rings is 1. The summed E-state index contributed by atoms with van der Waals surface area (Å²) in [5.74, 6) is 0.132. The Labute approximate surface area is 129 Å². The van der Waals surface area contributed by atoms with Crippen LogP contribution in [-0.4, -0.2) is 44.8 Å². The first-order valence-corrected chi connectivity index (χ1v) is 9.53. The summed E-state index contributed by atoms with van der Waals surface area (Å²) in [5, 5.41) is 0.802. The Bertz CT molecular complexity index is 544. The van der Waals surface area contributed by atoms with Crippen molar-refractivity contribution in [2.45, 2.75) is 31.0 Å². The van der Waals surface area contributed by atoms with Gasteiger partial charge < -0.3 is 9.64 Å². The molecule has 4 nitrogen and oxygen atoms in total. The number of hydrogen-bond donors (Lipinski definition) is 0. The molecule has 1 aromatic carbocycles. The lowest BCUT2D eigenvalue weighted by molar-refractivity contribution is -0.00199. The second kappa shape index (κ2) is 6.45. The van der Waals surface area contributed by atoms with E-state index in [4.69, 9.17) is 4.74 Å². The van der Waals surface area contributed by atoms with Crippen LogP contribution in [0.15, 0.2) is 29.2 Å². The van der Waals surface area contributed by atoms with Gasteiger partial charge in [0.05, 0.1) is 22.9 Å².